The minimum atomic E-state index is -2.58. The number of aliphatic imine (C=N–C) groups is 1. The van der Waals surface area contributed by atoms with E-state index >= 15 is 0 Å². The number of hydrogen-bond donors (Lipinski definition) is 2. The third-order valence-electron chi connectivity index (χ3n) is 4.24. The summed E-state index contributed by atoms with van der Waals surface area (Å²) >= 11 is 0. The number of rotatable bonds is 8. The van der Waals surface area contributed by atoms with E-state index in [1.807, 2.05) is 6.92 Å². The monoisotopic (exact) mass is 455 g/mol. The van der Waals surface area contributed by atoms with Crippen molar-refractivity contribution >= 4 is 29.9 Å². The van der Waals surface area contributed by atoms with Gasteiger partial charge < -0.3 is 10.6 Å². The molecule has 0 saturated heterocycles. The summed E-state index contributed by atoms with van der Waals surface area (Å²) in [4.78, 5) is 8.28. The van der Waals surface area contributed by atoms with Gasteiger partial charge in [-0.15, -0.1) is 24.0 Å². The van der Waals surface area contributed by atoms with E-state index in [1.165, 1.54) is 44.5 Å². The van der Waals surface area contributed by atoms with Crippen LogP contribution in [0.3, 0.4) is 0 Å². The fourth-order valence-corrected chi connectivity index (χ4v) is 3.03. The molecular formula is C16H28F2IN5. The average molecular weight is 455 g/mol. The first-order valence-corrected chi connectivity index (χ1v) is 8.52. The van der Waals surface area contributed by atoms with E-state index in [0.29, 0.717) is 5.96 Å². The van der Waals surface area contributed by atoms with E-state index < -0.39 is 6.55 Å². The fourth-order valence-electron chi connectivity index (χ4n) is 3.03. The molecule has 0 bridgehead atoms. The highest BCUT2D eigenvalue weighted by Crippen LogP contribution is 2.28. The summed E-state index contributed by atoms with van der Waals surface area (Å²) in [5.74, 6) is 1.81. The average Bonchev–Trinajstić information content (AvgIpc) is 3.20. The van der Waals surface area contributed by atoms with Gasteiger partial charge in [0.05, 0.1) is 0 Å². The summed E-state index contributed by atoms with van der Waals surface area (Å²) in [5, 5.41) is 6.41. The van der Waals surface area contributed by atoms with E-state index in [9.17, 15) is 8.78 Å². The van der Waals surface area contributed by atoms with Crippen LogP contribution in [0.15, 0.2) is 17.4 Å². The van der Waals surface area contributed by atoms with E-state index in [2.05, 4.69) is 20.6 Å². The Balaban J connectivity index is 0.00000288. The Morgan fingerprint density at radius 2 is 2.12 bits per heavy atom. The summed E-state index contributed by atoms with van der Waals surface area (Å²) in [6, 6.07) is 0. The maximum atomic E-state index is 12.8. The van der Waals surface area contributed by atoms with Crippen molar-refractivity contribution in [3.8, 4) is 0 Å². The molecule has 0 aliphatic heterocycles. The number of imidazole rings is 1. The third-order valence-corrected chi connectivity index (χ3v) is 4.24. The zero-order valence-corrected chi connectivity index (χ0v) is 16.5. The van der Waals surface area contributed by atoms with Gasteiger partial charge in [-0.25, -0.2) is 9.98 Å². The van der Waals surface area contributed by atoms with Crippen LogP contribution in [0, 0.1) is 5.92 Å². The summed E-state index contributed by atoms with van der Waals surface area (Å²) < 4.78 is 26.4. The van der Waals surface area contributed by atoms with Gasteiger partial charge in [-0.05, 0) is 25.7 Å². The molecule has 0 aromatic carbocycles. The minimum Gasteiger partial charge on any atom is -0.357 e. The molecule has 1 saturated carbocycles. The van der Waals surface area contributed by atoms with Crippen LogP contribution in [0.5, 0.6) is 0 Å². The van der Waals surface area contributed by atoms with Crippen LogP contribution in [0.4, 0.5) is 8.78 Å². The Kier molecular flexibility index (Phi) is 10.2. The van der Waals surface area contributed by atoms with Crippen LogP contribution in [-0.4, -0.2) is 28.6 Å². The van der Waals surface area contributed by atoms with Crippen molar-refractivity contribution in [3.05, 3.63) is 18.2 Å². The van der Waals surface area contributed by atoms with Gasteiger partial charge in [0.15, 0.2) is 5.96 Å². The van der Waals surface area contributed by atoms with Crippen molar-refractivity contribution in [2.24, 2.45) is 10.9 Å². The number of aromatic nitrogens is 2. The number of alkyl halides is 2. The Labute approximate surface area is 159 Å². The smallest absolute Gasteiger partial charge is 0.319 e. The minimum absolute atomic E-state index is 0. The summed E-state index contributed by atoms with van der Waals surface area (Å²) in [6.07, 6.45) is 10.5. The van der Waals surface area contributed by atoms with E-state index in [0.717, 1.165) is 30.0 Å². The highest BCUT2D eigenvalue weighted by Gasteiger charge is 2.14. The highest BCUT2D eigenvalue weighted by molar-refractivity contribution is 14.0. The van der Waals surface area contributed by atoms with E-state index in [4.69, 9.17) is 0 Å². The van der Waals surface area contributed by atoms with Gasteiger partial charge in [-0.2, -0.15) is 8.78 Å². The lowest BCUT2D eigenvalue weighted by atomic mass is 10.0. The van der Waals surface area contributed by atoms with Crippen LogP contribution in [0.1, 0.15) is 57.8 Å². The summed E-state index contributed by atoms with van der Waals surface area (Å²) in [6.45, 7) is 1.12. The van der Waals surface area contributed by atoms with Crippen molar-refractivity contribution in [1.82, 2.24) is 20.2 Å². The molecular weight excluding hydrogens is 427 g/mol. The quantitative estimate of drug-likeness (QED) is 0.271. The normalized spacial score (nSPS) is 15.6. The molecule has 0 radical (unpaired) electrons. The van der Waals surface area contributed by atoms with Gasteiger partial charge >= 0.3 is 6.55 Å². The second-order valence-electron chi connectivity index (χ2n) is 5.94. The van der Waals surface area contributed by atoms with Crippen molar-refractivity contribution < 1.29 is 8.78 Å². The zero-order valence-electron chi connectivity index (χ0n) is 14.2. The van der Waals surface area contributed by atoms with Gasteiger partial charge in [0.2, 0.25) is 0 Å². The third kappa shape index (κ3) is 6.90. The van der Waals surface area contributed by atoms with Crippen LogP contribution in [0.2, 0.25) is 0 Å². The second-order valence-corrected chi connectivity index (χ2v) is 5.94. The first kappa shape index (κ1) is 21.1. The number of hydrogen-bond acceptors (Lipinski definition) is 2. The molecule has 5 nitrogen and oxygen atoms in total. The Bertz CT molecular complexity index is 487. The number of halogens is 3. The number of nitrogens with one attached hydrogen (secondary N) is 2. The summed E-state index contributed by atoms with van der Waals surface area (Å²) in [7, 11) is 0. The van der Waals surface area contributed by atoms with Crippen LogP contribution in [-0.2, 0) is 6.54 Å². The van der Waals surface area contributed by atoms with Gasteiger partial charge in [-0.3, -0.25) is 4.57 Å². The molecule has 0 amide bonds. The van der Waals surface area contributed by atoms with Crippen LogP contribution in [0.25, 0.3) is 0 Å². The molecule has 1 aromatic rings. The zero-order chi connectivity index (χ0) is 16.5. The van der Waals surface area contributed by atoms with Crippen molar-refractivity contribution in [1.29, 1.82) is 0 Å². The molecule has 0 spiro atoms. The molecule has 1 heterocycles. The molecule has 1 aromatic heterocycles. The second kappa shape index (κ2) is 11.6. The largest absolute Gasteiger partial charge is 0.357 e. The van der Waals surface area contributed by atoms with Gasteiger partial charge in [0.1, 0.15) is 12.4 Å². The Morgan fingerprint density at radius 3 is 2.79 bits per heavy atom. The SMILES string of the molecule is CCNC(=NCc1nccn1C(F)F)NCCCC1CCCC1.I. The van der Waals surface area contributed by atoms with Crippen LogP contribution < -0.4 is 10.6 Å². The molecule has 0 atom stereocenters. The molecule has 1 aliphatic rings. The number of nitrogens with zero attached hydrogens (tertiary/aromatic N) is 3. The molecule has 0 unspecified atom stereocenters. The lowest BCUT2D eigenvalue weighted by Crippen LogP contribution is -2.37. The van der Waals surface area contributed by atoms with Gasteiger partial charge in [-0.1, -0.05) is 25.7 Å². The molecule has 8 heteroatoms. The van der Waals surface area contributed by atoms with Crippen molar-refractivity contribution in [2.45, 2.75) is 58.5 Å². The highest BCUT2D eigenvalue weighted by atomic mass is 127. The Morgan fingerprint density at radius 1 is 1.38 bits per heavy atom. The lowest BCUT2D eigenvalue weighted by Gasteiger charge is -2.13. The number of guanidine groups is 1. The predicted molar refractivity (Wildman–Crippen MR) is 103 cm³/mol. The molecule has 24 heavy (non-hydrogen) atoms. The van der Waals surface area contributed by atoms with E-state index in [-0.39, 0.29) is 36.3 Å². The molecule has 138 valence electrons. The van der Waals surface area contributed by atoms with E-state index in [1.54, 1.807) is 0 Å². The van der Waals surface area contributed by atoms with Crippen molar-refractivity contribution in [3.63, 3.8) is 0 Å². The maximum absolute atomic E-state index is 12.8. The first-order valence-electron chi connectivity index (χ1n) is 8.52. The van der Waals surface area contributed by atoms with Gasteiger partial charge in [0, 0.05) is 25.5 Å². The van der Waals surface area contributed by atoms with Gasteiger partial charge in [0.25, 0.3) is 0 Å². The fraction of sp³-hybridized carbons (Fsp3) is 0.750. The molecule has 1 aliphatic carbocycles. The first-order chi connectivity index (χ1) is 11.2. The lowest BCUT2D eigenvalue weighted by molar-refractivity contribution is 0.0671. The summed E-state index contributed by atoms with van der Waals surface area (Å²) in [5.41, 5.74) is 0. The molecule has 1 fully saturated rings. The van der Waals surface area contributed by atoms with Crippen molar-refractivity contribution in [2.75, 3.05) is 13.1 Å². The predicted octanol–water partition coefficient (Wildman–Crippen LogP) is 3.92. The maximum Gasteiger partial charge on any atom is 0.319 e. The topological polar surface area (TPSA) is 54.2 Å². The Hall–Kier alpha value is -0.930. The molecule has 2 N–H and O–H groups in total. The van der Waals surface area contributed by atoms with Crippen LogP contribution >= 0.6 is 24.0 Å². The molecule has 2 rings (SSSR count). The standard InChI is InChI=1S/C16H27F2N5.HI/c1-2-19-16(21-9-5-8-13-6-3-4-7-13)22-12-14-20-10-11-23(14)15(17)18;/h10-11,13,15H,2-9,12H2,1H3,(H2,19,21,22);1H.